The van der Waals surface area contributed by atoms with Crippen molar-refractivity contribution in [3.8, 4) is 0 Å². The van der Waals surface area contributed by atoms with Crippen LogP contribution in [0.3, 0.4) is 0 Å². The molecule has 0 saturated heterocycles. The summed E-state index contributed by atoms with van der Waals surface area (Å²) in [5, 5.41) is 6.64. The maximum absolute atomic E-state index is 12.8. The average Bonchev–Trinajstić information content (AvgIpc) is 2.41. The second kappa shape index (κ2) is 10.9. The highest BCUT2D eigenvalue weighted by atomic mass is 19.4. The Bertz CT molecular complexity index is 415. The SMILES string of the molecule is CC/C(=C\C=C(/C)C(CN[C@@H](C)OC(C)C)NC(C)C)C(F)(F)F. The Labute approximate surface area is 144 Å². The molecular weight excluding hydrogens is 317 g/mol. The second-order valence-electron chi connectivity index (χ2n) is 6.56. The molecule has 2 atom stereocenters. The van der Waals surface area contributed by atoms with Crippen LogP contribution in [0.25, 0.3) is 0 Å². The third-order valence-corrected chi connectivity index (χ3v) is 3.46. The van der Waals surface area contributed by atoms with Crippen molar-refractivity contribution in [1.82, 2.24) is 10.6 Å². The molecule has 0 aromatic heterocycles. The summed E-state index contributed by atoms with van der Waals surface area (Å²) >= 11 is 0. The van der Waals surface area contributed by atoms with Gasteiger partial charge in [-0.25, -0.2) is 0 Å². The quantitative estimate of drug-likeness (QED) is 0.448. The first-order valence-electron chi connectivity index (χ1n) is 8.56. The van der Waals surface area contributed by atoms with Crippen molar-refractivity contribution < 1.29 is 17.9 Å². The molecule has 142 valence electrons. The van der Waals surface area contributed by atoms with Gasteiger partial charge in [-0.2, -0.15) is 13.2 Å². The van der Waals surface area contributed by atoms with Crippen molar-refractivity contribution in [3.05, 3.63) is 23.3 Å². The number of ether oxygens (including phenoxy) is 1. The first-order chi connectivity index (χ1) is 11.0. The first kappa shape index (κ1) is 23.1. The van der Waals surface area contributed by atoms with Gasteiger partial charge in [0.2, 0.25) is 0 Å². The molecule has 3 nitrogen and oxygen atoms in total. The summed E-state index contributed by atoms with van der Waals surface area (Å²) in [6.07, 6.45) is -1.58. The molecule has 0 radical (unpaired) electrons. The molecule has 0 fully saturated rings. The number of rotatable bonds is 10. The fraction of sp³-hybridized carbons (Fsp3) is 0.778. The lowest BCUT2D eigenvalue weighted by Crippen LogP contribution is -2.46. The van der Waals surface area contributed by atoms with E-state index in [9.17, 15) is 13.2 Å². The molecule has 0 aliphatic rings. The lowest BCUT2D eigenvalue weighted by Gasteiger charge is -2.25. The summed E-state index contributed by atoms with van der Waals surface area (Å²) in [6.45, 7) is 13.8. The van der Waals surface area contributed by atoms with E-state index < -0.39 is 11.7 Å². The van der Waals surface area contributed by atoms with Crippen LogP contribution in [0.5, 0.6) is 0 Å². The van der Waals surface area contributed by atoms with Gasteiger partial charge >= 0.3 is 6.18 Å². The maximum atomic E-state index is 12.8. The molecule has 0 spiro atoms. The predicted molar refractivity (Wildman–Crippen MR) is 93.9 cm³/mol. The van der Waals surface area contributed by atoms with Gasteiger partial charge in [-0.3, -0.25) is 5.32 Å². The molecule has 1 unspecified atom stereocenters. The molecule has 0 heterocycles. The molecule has 0 saturated carbocycles. The third-order valence-electron chi connectivity index (χ3n) is 3.46. The fourth-order valence-electron chi connectivity index (χ4n) is 2.25. The molecule has 0 amide bonds. The van der Waals surface area contributed by atoms with Crippen LogP contribution in [0, 0.1) is 0 Å². The Kier molecular flexibility index (Phi) is 10.5. The largest absolute Gasteiger partial charge is 0.412 e. The normalized spacial score (nSPS) is 16.8. The number of hydrogen-bond acceptors (Lipinski definition) is 3. The number of allylic oxidation sites excluding steroid dienone is 3. The van der Waals surface area contributed by atoms with E-state index in [0.29, 0.717) is 6.54 Å². The van der Waals surface area contributed by atoms with E-state index in [1.807, 2.05) is 41.5 Å². The molecule has 0 rings (SSSR count). The molecule has 6 heteroatoms. The van der Waals surface area contributed by atoms with Gasteiger partial charge in [-0.15, -0.1) is 0 Å². The Morgan fingerprint density at radius 2 is 1.67 bits per heavy atom. The minimum absolute atomic E-state index is 0.0347. The third kappa shape index (κ3) is 10.1. The van der Waals surface area contributed by atoms with Gasteiger partial charge in [0.25, 0.3) is 0 Å². The van der Waals surface area contributed by atoms with Gasteiger partial charge in [0.1, 0.15) is 6.23 Å². The maximum Gasteiger partial charge on any atom is 0.412 e. The van der Waals surface area contributed by atoms with Crippen molar-refractivity contribution in [2.75, 3.05) is 6.54 Å². The Balaban J connectivity index is 5.02. The monoisotopic (exact) mass is 350 g/mol. The zero-order valence-electron chi connectivity index (χ0n) is 15.9. The summed E-state index contributed by atoms with van der Waals surface area (Å²) in [7, 11) is 0. The zero-order chi connectivity index (χ0) is 18.9. The first-order valence-corrected chi connectivity index (χ1v) is 8.56. The number of alkyl halides is 3. The van der Waals surface area contributed by atoms with E-state index in [2.05, 4.69) is 10.6 Å². The Morgan fingerprint density at radius 3 is 2.08 bits per heavy atom. The molecular formula is C18H33F3N2O. The number of halogens is 3. The van der Waals surface area contributed by atoms with E-state index in [1.54, 1.807) is 6.08 Å². The van der Waals surface area contributed by atoms with Crippen LogP contribution in [-0.2, 0) is 4.74 Å². The molecule has 2 N–H and O–H groups in total. The van der Waals surface area contributed by atoms with Gasteiger partial charge in [0.15, 0.2) is 0 Å². The minimum Gasteiger partial charge on any atom is -0.361 e. The fourth-order valence-corrected chi connectivity index (χ4v) is 2.25. The lowest BCUT2D eigenvalue weighted by atomic mass is 10.1. The van der Waals surface area contributed by atoms with E-state index >= 15 is 0 Å². The van der Waals surface area contributed by atoms with Crippen molar-refractivity contribution in [2.45, 2.75) is 85.5 Å². The van der Waals surface area contributed by atoms with Crippen molar-refractivity contribution >= 4 is 0 Å². The summed E-state index contributed by atoms with van der Waals surface area (Å²) in [4.78, 5) is 0. The predicted octanol–water partition coefficient (Wildman–Crippen LogP) is 4.56. The van der Waals surface area contributed by atoms with Crippen LogP contribution >= 0.6 is 0 Å². The molecule has 0 aliphatic heterocycles. The summed E-state index contributed by atoms with van der Waals surface area (Å²) in [5.41, 5.74) is 0.331. The summed E-state index contributed by atoms with van der Waals surface area (Å²) in [5.74, 6) is 0. The molecule has 0 aromatic carbocycles. The Morgan fingerprint density at radius 1 is 1.08 bits per heavy atom. The summed E-state index contributed by atoms with van der Waals surface area (Å²) in [6, 6.07) is 0.157. The van der Waals surface area contributed by atoms with E-state index in [1.165, 1.54) is 13.0 Å². The van der Waals surface area contributed by atoms with Gasteiger partial charge in [-0.1, -0.05) is 38.5 Å². The van der Waals surface area contributed by atoms with Gasteiger partial charge < -0.3 is 10.1 Å². The number of nitrogens with one attached hydrogen (secondary N) is 2. The highest BCUT2D eigenvalue weighted by Gasteiger charge is 2.31. The van der Waals surface area contributed by atoms with Crippen molar-refractivity contribution in [2.24, 2.45) is 0 Å². The van der Waals surface area contributed by atoms with Gasteiger partial charge in [0.05, 0.1) is 6.10 Å². The molecule has 0 aromatic rings. The Hall–Kier alpha value is -0.850. The zero-order valence-corrected chi connectivity index (χ0v) is 15.9. The minimum atomic E-state index is -4.27. The smallest absolute Gasteiger partial charge is 0.361 e. The van der Waals surface area contributed by atoms with E-state index in [4.69, 9.17) is 4.74 Å². The van der Waals surface area contributed by atoms with Crippen molar-refractivity contribution in [3.63, 3.8) is 0 Å². The lowest BCUT2D eigenvalue weighted by molar-refractivity contribution is -0.0935. The standard InChI is InChI=1S/C18H33F3N2O/c1-8-16(18(19,20)21)10-9-14(6)17(23-12(2)3)11-22-15(7)24-13(4)5/h9-10,12-13,15,17,22-23H,8,11H2,1-7H3/b14-9+,16-10+/t15-,17?/m1/s1. The summed E-state index contributed by atoms with van der Waals surface area (Å²) < 4.78 is 44.1. The highest BCUT2D eigenvalue weighted by molar-refractivity contribution is 5.23. The van der Waals surface area contributed by atoms with E-state index in [0.717, 1.165) is 5.57 Å². The molecule has 0 aliphatic carbocycles. The van der Waals surface area contributed by atoms with Gasteiger partial charge in [-0.05, 0) is 34.1 Å². The van der Waals surface area contributed by atoms with Gasteiger partial charge in [0, 0.05) is 24.2 Å². The average molecular weight is 350 g/mol. The van der Waals surface area contributed by atoms with Crippen LogP contribution in [0.15, 0.2) is 23.3 Å². The van der Waals surface area contributed by atoms with Crippen LogP contribution in [-0.4, -0.2) is 37.1 Å². The highest BCUT2D eigenvalue weighted by Crippen LogP contribution is 2.28. The molecule has 0 bridgehead atoms. The van der Waals surface area contributed by atoms with Crippen LogP contribution < -0.4 is 10.6 Å². The number of hydrogen-bond donors (Lipinski definition) is 2. The topological polar surface area (TPSA) is 33.3 Å². The van der Waals surface area contributed by atoms with Crippen LogP contribution in [0.2, 0.25) is 0 Å². The van der Waals surface area contributed by atoms with E-state index in [-0.39, 0.29) is 30.8 Å². The van der Waals surface area contributed by atoms with Crippen molar-refractivity contribution in [1.29, 1.82) is 0 Å². The van der Waals surface area contributed by atoms with Crippen LogP contribution in [0.1, 0.15) is 54.9 Å². The van der Waals surface area contributed by atoms with Crippen LogP contribution in [0.4, 0.5) is 13.2 Å². The second-order valence-corrected chi connectivity index (χ2v) is 6.56. The molecule has 24 heavy (non-hydrogen) atoms.